The molecule has 5 heterocycles. The summed E-state index contributed by atoms with van der Waals surface area (Å²) in [5, 5.41) is 4.97. The van der Waals surface area contributed by atoms with E-state index in [0.717, 1.165) is 113 Å². The third kappa shape index (κ3) is 8.87. The summed E-state index contributed by atoms with van der Waals surface area (Å²) < 4.78 is 4.60. The number of aromatic amines is 2. The van der Waals surface area contributed by atoms with Gasteiger partial charge in [0.2, 0.25) is 0 Å². The molecule has 2 aliphatic heterocycles. The maximum atomic E-state index is 5.06. The third-order valence-electron chi connectivity index (χ3n) is 15.6. The van der Waals surface area contributed by atoms with Crippen LogP contribution in [0, 0.1) is 14.1 Å². The van der Waals surface area contributed by atoms with Gasteiger partial charge >= 0.3 is 0 Å². The van der Waals surface area contributed by atoms with E-state index >= 15 is 0 Å². The summed E-state index contributed by atoms with van der Waals surface area (Å²) in [7, 11) is 10.1. The molecule has 0 atom stereocenters. The maximum Gasteiger partial charge on any atom is 0.117 e. The molecule has 0 amide bonds. The summed E-state index contributed by atoms with van der Waals surface area (Å²) in [6.45, 7) is 20.3. The van der Waals surface area contributed by atoms with E-state index in [0.29, 0.717) is 5.92 Å². The molecule has 6 nitrogen and oxygen atoms in total. The van der Waals surface area contributed by atoms with Gasteiger partial charge in [0.05, 0.1) is 0 Å². The van der Waals surface area contributed by atoms with Gasteiger partial charge in [0, 0.05) is 57.7 Å². The first kappa shape index (κ1) is 47.3. The molecule has 0 aliphatic carbocycles. The molecule has 0 radical (unpaired) electrons. The van der Waals surface area contributed by atoms with Crippen LogP contribution in [0.15, 0.2) is 109 Å². The van der Waals surface area contributed by atoms with Crippen LogP contribution in [-0.2, 0) is 0 Å². The normalized spacial score (nSPS) is 12.4. The minimum atomic E-state index is 0.281. The van der Waals surface area contributed by atoms with Crippen molar-refractivity contribution in [1.29, 1.82) is 0 Å². The monoisotopic (exact) mass is 905 g/mol. The van der Waals surface area contributed by atoms with Crippen molar-refractivity contribution in [1.82, 2.24) is 19.8 Å². The molecule has 0 saturated heterocycles. The fourth-order valence-corrected chi connectivity index (χ4v) is 11.9. The zero-order valence-corrected chi connectivity index (χ0v) is 42.1. The molecule has 0 fully saturated rings. The van der Waals surface area contributed by atoms with Gasteiger partial charge in [0.1, 0.15) is 22.8 Å². The number of rotatable bonds is 20. The van der Waals surface area contributed by atoms with Gasteiger partial charge in [-0.05, 0) is 135 Å². The van der Waals surface area contributed by atoms with Crippen LogP contribution >= 0.6 is 0 Å². The van der Waals surface area contributed by atoms with Crippen molar-refractivity contribution in [2.45, 2.75) is 118 Å². The van der Waals surface area contributed by atoms with E-state index < -0.39 is 0 Å². The fourth-order valence-electron chi connectivity index (χ4n) is 11.9. The summed E-state index contributed by atoms with van der Waals surface area (Å²) in [4.78, 5) is 13.6. The Bertz CT molecular complexity index is 3030. The largest absolute Gasteiger partial charge is 0.356 e. The first-order valence-electron chi connectivity index (χ1n) is 26.3. The second kappa shape index (κ2) is 21.2. The second-order valence-corrected chi connectivity index (χ2v) is 19.5. The average molecular weight is 905 g/mol. The van der Waals surface area contributed by atoms with Gasteiger partial charge in [-0.2, -0.15) is 0 Å². The first-order valence-corrected chi connectivity index (χ1v) is 26.3. The van der Waals surface area contributed by atoms with Crippen LogP contribution in [0.3, 0.4) is 0 Å². The summed E-state index contributed by atoms with van der Waals surface area (Å²) in [6.07, 6.45) is 11.4. The number of fused-ring (bicyclic) bond motifs is 20. The van der Waals surface area contributed by atoms with Crippen molar-refractivity contribution in [3.63, 3.8) is 0 Å². The molecule has 68 heavy (non-hydrogen) atoms. The Balaban J connectivity index is 1.48. The highest BCUT2D eigenvalue weighted by Gasteiger charge is 2.31. The summed E-state index contributed by atoms with van der Waals surface area (Å²) in [5.74, 6) is 0.624. The predicted octanol–water partition coefficient (Wildman–Crippen LogP) is 15.1. The van der Waals surface area contributed by atoms with Crippen molar-refractivity contribution in [3.05, 3.63) is 134 Å². The van der Waals surface area contributed by atoms with Gasteiger partial charge in [-0.1, -0.05) is 164 Å². The number of nitrogens with one attached hydrogen (secondary N) is 2. The summed E-state index contributed by atoms with van der Waals surface area (Å²) in [5.41, 5.74) is 17.0. The van der Waals surface area contributed by atoms with Crippen LogP contribution in [0.2, 0.25) is 0 Å². The molecule has 0 unspecified atom stereocenters. The van der Waals surface area contributed by atoms with Crippen LogP contribution in [0.1, 0.15) is 129 Å². The number of aromatic nitrogens is 4. The van der Waals surface area contributed by atoms with E-state index in [1.807, 2.05) is 0 Å². The predicted molar refractivity (Wildman–Crippen MR) is 290 cm³/mol. The van der Waals surface area contributed by atoms with E-state index in [1.54, 1.807) is 0 Å². The van der Waals surface area contributed by atoms with E-state index in [4.69, 9.17) is 14.1 Å². The molecule has 0 saturated carbocycles. The lowest BCUT2D eigenvalue weighted by Gasteiger charge is -2.25. The number of benzene rings is 4. The van der Waals surface area contributed by atoms with E-state index in [-0.39, 0.29) is 5.92 Å². The van der Waals surface area contributed by atoms with Crippen LogP contribution in [-0.4, -0.2) is 59.0 Å². The average Bonchev–Trinajstić information content (AvgIpc) is 4.08. The zero-order valence-electron chi connectivity index (χ0n) is 42.1. The minimum absolute atomic E-state index is 0.281. The molecule has 7 aromatic rings. The lowest BCUT2D eigenvalue weighted by Crippen LogP contribution is -2.29. The Kier molecular flexibility index (Phi) is 14.7. The third-order valence-corrected chi connectivity index (χ3v) is 15.6. The van der Waals surface area contributed by atoms with Crippen LogP contribution in [0.25, 0.3) is 88.6 Å². The number of H-pyrrole nitrogens is 2. The van der Waals surface area contributed by atoms with Crippen LogP contribution in [0.4, 0.5) is 0 Å². The van der Waals surface area contributed by atoms with Gasteiger partial charge < -0.3 is 28.9 Å². The smallest absolute Gasteiger partial charge is 0.117 e. The highest BCUT2D eigenvalue weighted by molar-refractivity contribution is 6.11. The Morgan fingerprint density at radius 2 is 0.779 bits per heavy atom. The number of hydrogen-bond acceptors (Lipinski definition) is 2. The molecule has 4 aromatic carbocycles. The Morgan fingerprint density at radius 3 is 1.15 bits per heavy atom. The highest BCUT2D eigenvalue weighted by Crippen LogP contribution is 2.47. The lowest BCUT2D eigenvalue weighted by atomic mass is 9.85. The molecule has 354 valence electrons. The van der Waals surface area contributed by atoms with Gasteiger partial charge in [0.25, 0.3) is 0 Å². The molecular formula is C62H76N6. The van der Waals surface area contributed by atoms with Crippen LogP contribution in [0.5, 0.6) is 0 Å². The molecule has 9 rings (SSSR count). The number of nitrogens with zero attached hydrogens (tertiary/aromatic N) is 4. The van der Waals surface area contributed by atoms with E-state index in [1.165, 1.54) is 90.2 Å². The molecule has 0 spiro atoms. The lowest BCUT2D eigenvalue weighted by molar-refractivity contribution is -0.585. The molecular weight excluding hydrogens is 829 g/mol. The standard InChI is InChI=1S/C62H76N6/c1-9-15-27-43(28-16-10-2)57-59-49-35-21-17-31-45(49)53(63-59)41-56-48-34-20-24-38-52(48)62(66(56)8)58(44(29-25-39-67(11-3)12-4)30-26-40-68(13-5)14-6)60-50-36-22-18-32-46(50)54(64-60)42-55-47-33-19-23-37-51(47)61(57)65(55)7/h17-24,31-38,41-44,63-64H,7-16,25-30,39-40H2,1-6H3. The number of unbranched alkanes of at least 4 members (excludes halogenated alkanes) is 2. The molecule has 2 aliphatic rings. The number of hydrogen-bond donors (Lipinski definition) is 2. The second-order valence-electron chi connectivity index (χ2n) is 19.5. The van der Waals surface area contributed by atoms with Crippen molar-refractivity contribution in [2.75, 3.05) is 39.3 Å². The topological polar surface area (TPSA) is 45.8 Å². The van der Waals surface area contributed by atoms with Gasteiger partial charge in [0.15, 0.2) is 0 Å². The molecule has 6 heteroatoms. The molecule has 3 aromatic heterocycles. The first-order chi connectivity index (χ1) is 33.3. The highest BCUT2D eigenvalue weighted by atomic mass is 15.1. The molecule has 8 bridgehead atoms. The quantitative estimate of drug-likeness (QED) is 0.0591. The Labute approximate surface area is 407 Å². The van der Waals surface area contributed by atoms with Crippen molar-refractivity contribution < 1.29 is 9.13 Å². The zero-order chi connectivity index (χ0) is 47.3. The van der Waals surface area contributed by atoms with Crippen molar-refractivity contribution in [3.8, 4) is 45.0 Å². The molecule has 2 N–H and O–H groups in total. The SMILES string of the molecule is [CH2-][n+]1c2cc3[nH]c(c(C(CCCN(CC)CC)CCCN(CC)CC)c4[n+]([CH2-])c(cc5[nH]c(c(C(CCCC)CCCC)c1-c1ccccc1-2)c1ccccc51)-c1ccccc1-4)c1ccccc31. The maximum absolute atomic E-state index is 5.06. The van der Waals surface area contributed by atoms with Gasteiger partial charge in [-0.3, -0.25) is 0 Å². The van der Waals surface area contributed by atoms with Crippen LogP contribution < -0.4 is 9.13 Å². The van der Waals surface area contributed by atoms with E-state index in [9.17, 15) is 0 Å². The summed E-state index contributed by atoms with van der Waals surface area (Å²) >= 11 is 0. The van der Waals surface area contributed by atoms with Crippen molar-refractivity contribution in [2.24, 2.45) is 0 Å². The Hall–Kier alpha value is -5.82. The minimum Gasteiger partial charge on any atom is -0.356 e. The Morgan fingerprint density at radius 1 is 0.441 bits per heavy atom. The summed E-state index contributed by atoms with van der Waals surface area (Å²) in [6, 6.07) is 41.1. The fraction of sp³-hybridized carbons (Fsp3) is 0.387. The van der Waals surface area contributed by atoms with E-state index in [2.05, 4.69) is 180 Å². The van der Waals surface area contributed by atoms with Gasteiger partial charge in [-0.25, -0.2) is 0 Å². The van der Waals surface area contributed by atoms with Crippen molar-refractivity contribution >= 4 is 43.6 Å². The van der Waals surface area contributed by atoms with Gasteiger partial charge in [-0.15, -0.1) is 0 Å².